The number of fused-ring (bicyclic) bond motifs is 1. The third kappa shape index (κ3) is 2.64. The molecule has 1 aliphatic heterocycles. The largest absolute Gasteiger partial charge is 0.342 e. The maximum atomic E-state index is 12.7. The molecule has 2 fully saturated rings. The van der Waals surface area contributed by atoms with Gasteiger partial charge in [-0.1, -0.05) is 31.4 Å². The van der Waals surface area contributed by atoms with Crippen LogP contribution in [0.25, 0.3) is 11.0 Å². The first-order chi connectivity index (χ1) is 11.2. The summed E-state index contributed by atoms with van der Waals surface area (Å²) in [6, 6.07) is 8.28. The number of para-hydroxylation sites is 2. The maximum absolute atomic E-state index is 12.7. The van der Waals surface area contributed by atoms with E-state index in [4.69, 9.17) is 4.98 Å². The van der Waals surface area contributed by atoms with E-state index in [1.54, 1.807) is 0 Å². The van der Waals surface area contributed by atoms with Crippen LogP contribution in [0.1, 0.15) is 50.3 Å². The minimum absolute atomic E-state index is 0.281. The van der Waals surface area contributed by atoms with Crippen molar-refractivity contribution in [2.45, 2.75) is 44.4 Å². The highest BCUT2D eigenvalue weighted by molar-refractivity contribution is 5.79. The number of aromatic nitrogens is 2. The van der Waals surface area contributed by atoms with Gasteiger partial charge in [0.25, 0.3) is 0 Å². The SMILES string of the molecule is Cn1c([C@H]2CCN(C(=O)C3CCCCC3)C2)nc2ccccc21. The zero-order chi connectivity index (χ0) is 15.8. The third-order valence-corrected chi connectivity index (χ3v) is 5.64. The van der Waals surface area contributed by atoms with Crippen molar-refractivity contribution in [3.63, 3.8) is 0 Å². The second-order valence-electron chi connectivity index (χ2n) is 7.12. The van der Waals surface area contributed by atoms with Crippen molar-refractivity contribution < 1.29 is 4.79 Å². The van der Waals surface area contributed by atoms with Crippen LogP contribution in [0.4, 0.5) is 0 Å². The molecule has 2 aliphatic rings. The fourth-order valence-corrected chi connectivity index (χ4v) is 4.31. The number of nitrogens with zero attached hydrogens (tertiary/aromatic N) is 3. The number of benzene rings is 1. The van der Waals surface area contributed by atoms with Crippen molar-refractivity contribution in [1.82, 2.24) is 14.5 Å². The van der Waals surface area contributed by atoms with Crippen LogP contribution < -0.4 is 0 Å². The molecule has 1 atom stereocenters. The van der Waals surface area contributed by atoms with Gasteiger partial charge in [-0.05, 0) is 31.4 Å². The molecule has 0 bridgehead atoms. The van der Waals surface area contributed by atoms with E-state index >= 15 is 0 Å². The molecule has 0 unspecified atom stereocenters. The van der Waals surface area contributed by atoms with E-state index in [1.165, 1.54) is 24.8 Å². The van der Waals surface area contributed by atoms with E-state index in [0.29, 0.717) is 11.8 Å². The van der Waals surface area contributed by atoms with E-state index < -0.39 is 0 Å². The van der Waals surface area contributed by atoms with Crippen molar-refractivity contribution >= 4 is 16.9 Å². The molecule has 1 amide bonds. The van der Waals surface area contributed by atoms with Crippen LogP contribution in [0.2, 0.25) is 0 Å². The maximum Gasteiger partial charge on any atom is 0.225 e. The van der Waals surface area contributed by atoms with Crippen LogP contribution in [-0.2, 0) is 11.8 Å². The molecule has 2 heterocycles. The molecule has 23 heavy (non-hydrogen) atoms. The zero-order valence-corrected chi connectivity index (χ0v) is 13.9. The highest BCUT2D eigenvalue weighted by Gasteiger charge is 2.33. The summed E-state index contributed by atoms with van der Waals surface area (Å²) in [6.45, 7) is 1.73. The van der Waals surface area contributed by atoms with Crippen LogP contribution in [0.3, 0.4) is 0 Å². The van der Waals surface area contributed by atoms with Crippen LogP contribution >= 0.6 is 0 Å². The van der Waals surface area contributed by atoms with Crippen LogP contribution in [0.5, 0.6) is 0 Å². The monoisotopic (exact) mass is 311 g/mol. The molecule has 1 aromatic carbocycles. The predicted octanol–water partition coefficient (Wildman–Crippen LogP) is 3.47. The van der Waals surface area contributed by atoms with Crippen molar-refractivity contribution in [2.75, 3.05) is 13.1 Å². The fraction of sp³-hybridized carbons (Fsp3) is 0.579. The Bertz CT molecular complexity index is 714. The first kappa shape index (κ1) is 14.7. The summed E-state index contributed by atoms with van der Waals surface area (Å²) in [7, 11) is 2.09. The fourth-order valence-electron chi connectivity index (χ4n) is 4.31. The lowest BCUT2D eigenvalue weighted by atomic mass is 9.88. The summed E-state index contributed by atoms with van der Waals surface area (Å²) in [4.78, 5) is 19.7. The standard InChI is InChI=1S/C19H25N3O/c1-21-17-10-6-5-9-16(17)20-18(21)15-11-12-22(13-15)19(23)14-7-3-2-4-8-14/h5-6,9-10,14-15H,2-4,7-8,11-13H2,1H3/t15-/m0/s1. The van der Waals surface area contributed by atoms with Gasteiger partial charge in [-0.15, -0.1) is 0 Å². The first-order valence-electron chi connectivity index (χ1n) is 8.94. The van der Waals surface area contributed by atoms with E-state index in [-0.39, 0.29) is 5.92 Å². The number of carbonyl (C=O) groups excluding carboxylic acids is 1. The van der Waals surface area contributed by atoms with Crippen LogP contribution in [-0.4, -0.2) is 33.4 Å². The van der Waals surface area contributed by atoms with Gasteiger partial charge in [-0.3, -0.25) is 4.79 Å². The number of hydrogen-bond donors (Lipinski definition) is 0. The Morgan fingerprint density at radius 2 is 1.91 bits per heavy atom. The number of rotatable bonds is 2. The van der Waals surface area contributed by atoms with Crippen molar-refractivity contribution in [2.24, 2.45) is 13.0 Å². The zero-order valence-electron chi connectivity index (χ0n) is 13.9. The molecule has 4 nitrogen and oxygen atoms in total. The molecule has 2 aromatic rings. The van der Waals surface area contributed by atoms with Gasteiger partial charge in [0.2, 0.25) is 5.91 Å². The number of carbonyl (C=O) groups is 1. The second kappa shape index (κ2) is 5.99. The predicted molar refractivity (Wildman–Crippen MR) is 91.2 cm³/mol. The number of amides is 1. The third-order valence-electron chi connectivity index (χ3n) is 5.64. The Kier molecular flexibility index (Phi) is 3.83. The molecule has 1 aliphatic carbocycles. The van der Waals surface area contributed by atoms with Crippen LogP contribution in [0.15, 0.2) is 24.3 Å². The van der Waals surface area contributed by atoms with Gasteiger partial charge in [0.15, 0.2) is 0 Å². The van der Waals surface area contributed by atoms with Gasteiger partial charge >= 0.3 is 0 Å². The topological polar surface area (TPSA) is 38.1 Å². The molecule has 0 spiro atoms. The number of likely N-dealkylation sites (tertiary alicyclic amines) is 1. The lowest BCUT2D eigenvalue weighted by Crippen LogP contribution is -2.35. The Balaban J connectivity index is 1.51. The van der Waals surface area contributed by atoms with Gasteiger partial charge in [-0.2, -0.15) is 0 Å². The van der Waals surface area contributed by atoms with E-state index in [0.717, 1.165) is 43.7 Å². The highest BCUT2D eigenvalue weighted by atomic mass is 16.2. The average Bonchev–Trinajstić information content (AvgIpc) is 3.20. The minimum atomic E-state index is 0.281. The summed E-state index contributed by atoms with van der Waals surface area (Å²) < 4.78 is 2.20. The Morgan fingerprint density at radius 3 is 2.70 bits per heavy atom. The van der Waals surface area contributed by atoms with Gasteiger partial charge in [0.05, 0.1) is 11.0 Å². The molecule has 0 N–H and O–H groups in total. The molecule has 4 heteroatoms. The van der Waals surface area contributed by atoms with Crippen molar-refractivity contribution in [3.8, 4) is 0 Å². The van der Waals surface area contributed by atoms with E-state index in [1.807, 2.05) is 6.07 Å². The van der Waals surface area contributed by atoms with Crippen LogP contribution in [0, 0.1) is 5.92 Å². The highest BCUT2D eigenvalue weighted by Crippen LogP contribution is 2.32. The summed E-state index contributed by atoms with van der Waals surface area (Å²) in [6.07, 6.45) is 6.96. The first-order valence-corrected chi connectivity index (χ1v) is 8.94. The average molecular weight is 311 g/mol. The quantitative estimate of drug-likeness (QED) is 0.852. The number of aryl methyl sites for hydroxylation is 1. The summed E-state index contributed by atoms with van der Waals surface area (Å²) in [5.74, 6) is 2.18. The molecule has 4 rings (SSSR count). The van der Waals surface area contributed by atoms with Crippen molar-refractivity contribution in [1.29, 1.82) is 0 Å². The lowest BCUT2D eigenvalue weighted by molar-refractivity contribution is -0.135. The Hall–Kier alpha value is -1.84. The Labute approximate surface area is 137 Å². The molecule has 0 radical (unpaired) electrons. The normalized spacial score (nSPS) is 22.8. The van der Waals surface area contributed by atoms with E-state index in [2.05, 4.69) is 34.7 Å². The number of hydrogen-bond acceptors (Lipinski definition) is 2. The smallest absolute Gasteiger partial charge is 0.225 e. The van der Waals surface area contributed by atoms with Gasteiger partial charge in [-0.25, -0.2) is 4.98 Å². The lowest BCUT2D eigenvalue weighted by Gasteiger charge is -2.26. The summed E-state index contributed by atoms with van der Waals surface area (Å²) in [5.41, 5.74) is 2.24. The molecule has 1 aromatic heterocycles. The second-order valence-corrected chi connectivity index (χ2v) is 7.12. The van der Waals surface area contributed by atoms with E-state index in [9.17, 15) is 4.79 Å². The Morgan fingerprint density at radius 1 is 1.13 bits per heavy atom. The minimum Gasteiger partial charge on any atom is -0.342 e. The molecule has 1 saturated carbocycles. The molecular formula is C19H25N3O. The summed E-state index contributed by atoms with van der Waals surface area (Å²) in [5, 5.41) is 0. The van der Waals surface area contributed by atoms with Gasteiger partial charge < -0.3 is 9.47 Å². The summed E-state index contributed by atoms with van der Waals surface area (Å²) >= 11 is 0. The van der Waals surface area contributed by atoms with Gasteiger partial charge in [0.1, 0.15) is 5.82 Å². The van der Waals surface area contributed by atoms with Gasteiger partial charge in [0, 0.05) is 32.0 Å². The number of imidazole rings is 1. The molecule has 1 saturated heterocycles. The van der Waals surface area contributed by atoms with Crippen molar-refractivity contribution in [3.05, 3.63) is 30.1 Å². The molecular weight excluding hydrogens is 286 g/mol. The molecule has 122 valence electrons.